The summed E-state index contributed by atoms with van der Waals surface area (Å²) >= 11 is 0. The van der Waals surface area contributed by atoms with Crippen molar-refractivity contribution in [2.45, 2.75) is 47.0 Å². The monoisotopic (exact) mass is 481 g/mol. The number of nitrogens with zero attached hydrogens (tertiary/aromatic N) is 4. The molecule has 0 spiro atoms. The van der Waals surface area contributed by atoms with Gasteiger partial charge in [0.2, 0.25) is 5.91 Å². The highest BCUT2D eigenvalue weighted by molar-refractivity contribution is 6.02. The number of hydrogen-bond acceptors (Lipinski definition) is 7. The topological polar surface area (TPSA) is 105 Å². The molecule has 9 nitrogen and oxygen atoms in total. The molecule has 0 atom stereocenters. The highest BCUT2D eigenvalue weighted by Gasteiger charge is 2.29. The van der Waals surface area contributed by atoms with Crippen LogP contribution in [0.1, 0.15) is 45.0 Å². The molecule has 3 amide bonds. The van der Waals surface area contributed by atoms with Gasteiger partial charge in [-0.05, 0) is 58.1 Å². The molecule has 35 heavy (non-hydrogen) atoms. The predicted octanol–water partition coefficient (Wildman–Crippen LogP) is 4.07. The Balaban J connectivity index is 1.62. The minimum atomic E-state index is -0.672. The molecule has 1 saturated heterocycles. The first-order valence-corrected chi connectivity index (χ1v) is 11.8. The molecule has 9 heteroatoms. The molecule has 2 aromatic heterocycles. The van der Waals surface area contributed by atoms with Gasteiger partial charge in [0.15, 0.2) is 0 Å². The molecule has 188 valence electrons. The van der Waals surface area contributed by atoms with Crippen LogP contribution < -0.4 is 10.1 Å². The van der Waals surface area contributed by atoms with Crippen LogP contribution in [-0.2, 0) is 16.0 Å². The van der Waals surface area contributed by atoms with E-state index in [1.54, 1.807) is 58.2 Å². The van der Waals surface area contributed by atoms with Gasteiger partial charge in [-0.15, -0.1) is 0 Å². The lowest BCUT2D eigenvalue weighted by Crippen LogP contribution is -2.43. The quantitative estimate of drug-likeness (QED) is 0.663. The Bertz CT molecular complexity index is 1090. The number of amides is 3. The number of ether oxygens (including phenoxy) is 1. The standard InChI is InChI=1S/C26H35N5O4/c1-17-22(7-8-23(28-17)29-25(34)31(6)24(33)26(2,3)4)35-20-9-12-27-19(15-20)16-21(32)18-10-13-30(5)14-11-18/h7-9,12,15,18H,10-11,13-14,16H2,1-6H3,(H,28,29,34). The van der Waals surface area contributed by atoms with E-state index in [1.165, 1.54) is 7.05 Å². The lowest BCUT2D eigenvalue weighted by atomic mass is 9.90. The van der Waals surface area contributed by atoms with E-state index < -0.39 is 11.4 Å². The van der Waals surface area contributed by atoms with Gasteiger partial charge in [-0.25, -0.2) is 9.78 Å². The largest absolute Gasteiger partial charge is 0.455 e. The maximum atomic E-state index is 12.7. The van der Waals surface area contributed by atoms with Crippen LogP contribution in [0.4, 0.5) is 10.6 Å². The molecule has 1 N–H and O–H groups in total. The number of nitrogens with one attached hydrogen (secondary N) is 1. The zero-order chi connectivity index (χ0) is 25.8. The average Bonchev–Trinajstić information content (AvgIpc) is 2.80. The lowest BCUT2D eigenvalue weighted by molar-refractivity contribution is -0.135. The summed E-state index contributed by atoms with van der Waals surface area (Å²) in [7, 11) is 3.51. The molecule has 3 heterocycles. The van der Waals surface area contributed by atoms with Crippen molar-refractivity contribution in [1.29, 1.82) is 0 Å². The Morgan fingerprint density at radius 3 is 2.49 bits per heavy atom. The maximum Gasteiger partial charge on any atom is 0.329 e. The SMILES string of the molecule is Cc1nc(NC(=O)N(C)C(=O)C(C)(C)C)ccc1Oc1ccnc(CC(=O)C2CCN(C)CC2)c1. The molecule has 1 aliphatic rings. The second-order valence-corrected chi connectivity index (χ2v) is 10.1. The molecular weight excluding hydrogens is 446 g/mol. The summed E-state index contributed by atoms with van der Waals surface area (Å²) in [5.74, 6) is 1.39. The highest BCUT2D eigenvalue weighted by atomic mass is 16.5. The molecule has 0 aliphatic carbocycles. The summed E-state index contributed by atoms with van der Waals surface area (Å²) in [6, 6.07) is 6.26. The fourth-order valence-corrected chi connectivity index (χ4v) is 3.91. The van der Waals surface area contributed by atoms with E-state index in [4.69, 9.17) is 4.74 Å². The molecule has 0 radical (unpaired) electrons. The van der Waals surface area contributed by atoms with E-state index in [9.17, 15) is 14.4 Å². The number of urea groups is 1. The summed E-state index contributed by atoms with van der Waals surface area (Å²) < 4.78 is 5.98. The number of Topliss-reactive ketones (excluding diaryl/α,β-unsaturated/α-hetero) is 1. The van der Waals surface area contributed by atoms with Crippen molar-refractivity contribution in [2.24, 2.45) is 11.3 Å². The third-order valence-electron chi connectivity index (χ3n) is 6.07. The van der Waals surface area contributed by atoms with Crippen LogP contribution in [0.5, 0.6) is 11.5 Å². The minimum Gasteiger partial charge on any atom is -0.455 e. The van der Waals surface area contributed by atoms with Crippen molar-refractivity contribution < 1.29 is 19.1 Å². The number of rotatable bonds is 6. The maximum absolute atomic E-state index is 12.7. The van der Waals surface area contributed by atoms with Gasteiger partial charge < -0.3 is 9.64 Å². The molecule has 0 aromatic carbocycles. The molecule has 2 aromatic rings. The number of hydrogen-bond donors (Lipinski definition) is 1. The Kier molecular flexibility index (Phi) is 8.22. The number of aromatic nitrogens is 2. The van der Waals surface area contributed by atoms with E-state index >= 15 is 0 Å². The highest BCUT2D eigenvalue weighted by Crippen LogP contribution is 2.26. The third kappa shape index (κ3) is 7.08. The van der Waals surface area contributed by atoms with Crippen LogP contribution in [0.2, 0.25) is 0 Å². The summed E-state index contributed by atoms with van der Waals surface area (Å²) in [6.07, 6.45) is 3.69. The van der Waals surface area contributed by atoms with Gasteiger partial charge in [-0.1, -0.05) is 20.8 Å². The van der Waals surface area contributed by atoms with E-state index in [-0.39, 0.29) is 24.0 Å². The van der Waals surface area contributed by atoms with Crippen molar-refractivity contribution in [3.63, 3.8) is 0 Å². The zero-order valence-electron chi connectivity index (χ0n) is 21.4. The summed E-state index contributed by atoms with van der Waals surface area (Å²) in [4.78, 5) is 49.5. The first-order chi connectivity index (χ1) is 16.4. The van der Waals surface area contributed by atoms with Crippen molar-refractivity contribution in [2.75, 3.05) is 32.5 Å². The normalized spacial score (nSPS) is 14.9. The lowest BCUT2D eigenvalue weighted by Gasteiger charge is -2.27. The average molecular weight is 482 g/mol. The van der Waals surface area contributed by atoms with Gasteiger partial charge in [0.25, 0.3) is 0 Å². The molecular formula is C26H35N5O4. The van der Waals surface area contributed by atoms with E-state index in [1.807, 2.05) is 0 Å². The van der Waals surface area contributed by atoms with Crippen molar-refractivity contribution in [1.82, 2.24) is 19.8 Å². The number of pyridine rings is 2. The number of carbonyl (C=O) groups excluding carboxylic acids is 3. The predicted molar refractivity (Wildman–Crippen MR) is 133 cm³/mol. The van der Waals surface area contributed by atoms with Crippen LogP contribution in [0.25, 0.3) is 0 Å². The van der Waals surface area contributed by atoms with Crippen molar-refractivity contribution >= 4 is 23.5 Å². The van der Waals surface area contributed by atoms with Gasteiger partial charge in [0.1, 0.15) is 23.1 Å². The molecule has 0 unspecified atom stereocenters. The fourth-order valence-electron chi connectivity index (χ4n) is 3.91. The molecule has 1 fully saturated rings. The number of carbonyl (C=O) groups is 3. The smallest absolute Gasteiger partial charge is 0.329 e. The van der Waals surface area contributed by atoms with Crippen LogP contribution in [-0.4, -0.2) is 64.7 Å². The first-order valence-electron chi connectivity index (χ1n) is 11.8. The van der Waals surface area contributed by atoms with Gasteiger partial charge in [-0.3, -0.25) is 24.8 Å². The van der Waals surface area contributed by atoms with E-state index in [0.29, 0.717) is 28.7 Å². The second kappa shape index (κ2) is 10.9. The minimum absolute atomic E-state index is 0.0875. The summed E-state index contributed by atoms with van der Waals surface area (Å²) in [5.41, 5.74) is 0.565. The van der Waals surface area contributed by atoms with E-state index in [2.05, 4.69) is 27.2 Å². The zero-order valence-corrected chi connectivity index (χ0v) is 21.4. The van der Waals surface area contributed by atoms with Crippen LogP contribution >= 0.6 is 0 Å². The Morgan fingerprint density at radius 1 is 1.17 bits per heavy atom. The molecule has 0 bridgehead atoms. The van der Waals surface area contributed by atoms with Gasteiger partial charge >= 0.3 is 6.03 Å². The molecule has 1 aliphatic heterocycles. The first kappa shape index (κ1) is 26.3. The van der Waals surface area contributed by atoms with Crippen LogP contribution in [0.15, 0.2) is 30.5 Å². The Morgan fingerprint density at radius 2 is 1.86 bits per heavy atom. The second-order valence-electron chi connectivity index (χ2n) is 10.1. The Labute approximate surface area is 206 Å². The number of piperidine rings is 1. The number of anilines is 1. The number of likely N-dealkylation sites (tertiary alicyclic amines) is 1. The third-order valence-corrected chi connectivity index (χ3v) is 6.07. The van der Waals surface area contributed by atoms with Crippen molar-refractivity contribution in [3.8, 4) is 11.5 Å². The number of ketones is 1. The fraction of sp³-hybridized carbons (Fsp3) is 0.500. The van der Waals surface area contributed by atoms with Gasteiger partial charge in [0, 0.05) is 37.1 Å². The number of aryl methyl sites for hydroxylation is 1. The summed E-state index contributed by atoms with van der Waals surface area (Å²) in [6.45, 7) is 8.91. The molecule has 0 saturated carbocycles. The molecule has 3 rings (SSSR count). The van der Waals surface area contributed by atoms with Crippen molar-refractivity contribution in [3.05, 3.63) is 41.9 Å². The van der Waals surface area contributed by atoms with Crippen LogP contribution in [0.3, 0.4) is 0 Å². The number of imide groups is 1. The van der Waals surface area contributed by atoms with Gasteiger partial charge in [-0.2, -0.15) is 0 Å². The van der Waals surface area contributed by atoms with E-state index in [0.717, 1.165) is 30.8 Å². The summed E-state index contributed by atoms with van der Waals surface area (Å²) in [5, 5.41) is 2.64. The Hall–Kier alpha value is -3.33. The van der Waals surface area contributed by atoms with Crippen LogP contribution in [0, 0.1) is 18.3 Å². The van der Waals surface area contributed by atoms with Gasteiger partial charge in [0.05, 0.1) is 11.4 Å².